The van der Waals surface area contributed by atoms with Crippen molar-refractivity contribution in [2.75, 3.05) is 0 Å². The normalized spacial score (nSPS) is 11.3. The topological polar surface area (TPSA) is 37.8 Å². The summed E-state index contributed by atoms with van der Waals surface area (Å²) >= 11 is 8.45. The highest BCUT2D eigenvalue weighted by atomic mass is 32.1. The maximum absolute atomic E-state index is 12.4. The molecule has 0 fully saturated rings. The van der Waals surface area contributed by atoms with Crippen molar-refractivity contribution in [3.63, 3.8) is 0 Å². The Balaban J connectivity index is 2.14. The van der Waals surface area contributed by atoms with Gasteiger partial charge in [0.25, 0.3) is 5.56 Å². The minimum Gasteiger partial charge on any atom is -0.331 e. The summed E-state index contributed by atoms with van der Waals surface area (Å²) in [5, 5.41) is 1.90. The van der Waals surface area contributed by atoms with E-state index in [0.717, 1.165) is 15.1 Å². The van der Waals surface area contributed by atoms with Gasteiger partial charge in [-0.2, -0.15) is 0 Å². The predicted molar refractivity (Wildman–Crippen MR) is 84.2 cm³/mol. The number of rotatable bonds is 2. The van der Waals surface area contributed by atoms with E-state index < -0.39 is 0 Å². The van der Waals surface area contributed by atoms with Gasteiger partial charge in [0.15, 0.2) is 4.77 Å². The third-order valence-corrected chi connectivity index (χ3v) is 5.48. The Kier molecular flexibility index (Phi) is 3.16. The Morgan fingerprint density at radius 1 is 1.42 bits per heavy atom. The minimum atomic E-state index is -0.00236. The van der Waals surface area contributed by atoms with Gasteiger partial charge in [0.2, 0.25) is 0 Å². The van der Waals surface area contributed by atoms with Crippen LogP contribution in [0.25, 0.3) is 10.2 Å². The van der Waals surface area contributed by atoms with E-state index in [-0.39, 0.29) is 5.56 Å². The van der Waals surface area contributed by atoms with Crippen LogP contribution in [0, 0.1) is 18.6 Å². The van der Waals surface area contributed by atoms with Crippen LogP contribution in [-0.4, -0.2) is 9.55 Å². The molecule has 0 radical (unpaired) electrons. The number of thiophene rings is 2. The van der Waals surface area contributed by atoms with Crippen molar-refractivity contribution in [2.45, 2.75) is 20.4 Å². The highest BCUT2D eigenvalue weighted by Gasteiger charge is 2.09. The van der Waals surface area contributed by atoms with Crippen LogP contribution in [-0.2, 0) is 6.54 Å². The van der Waals surface area contributed by atoms with Crippen LogP contribution >= 0.6 is 34.9 Å². The zero-order valence-electron chi connectivity index (χ0n) is 10.5. The quantitative estimate of drug-likeness (QED) is 0.730. The molecule has 3 aromatic heterocycles. The lowest BCUT2D eigenvalue weighted by Crippen LogP contribution is -2.21. The molecule has 3 nitrogen and oxygen atoms in total. The molecule has 98 valence electrons. The van der Waals surface area contributed by atoms with Crippen molar-refractivity contribution in [3.05, 3.63) is 48.0 Å². The van der Waals surface area contributed by atoms with Gasteiger partial charge < -0.3 is 4.98 Å². The average Bonchev–Trinajstić information content (AvgIpc) is 2.93. The molecule has 0 aromatic carbocycles. The highest BCUT2D eigenvalue weighted by Crippen LogP contribution is 2.21. The number of hydrogen-bond acceptors (Lipinski definition) is 4. The first-order chi connectivity index (χ1) is 9.06. The van der Waals surface area contributed by atoms with Crippen LogP contribution in [0.1, 0.15) is 15.3 Å². The molecule has 0 saturated heterocycles. The number of H-pyrrole nitrogens is 1. The van der Waals surface area contributed by atoms with E-state index in [1.165, 1.54) is 21.8 Å². The molecule has 0 aliphatic heterocycles. The maximum atomic E-state index is 12.4. The highest BCUT2D eigenvalue weighted by molar-refractivity contribution is 7.71. The number of nitrogens with one attached hydrogen (secondary N) is 1. The zero-order valence-corrected chi connectivity index (χ0v) is 13.0. The first kappa shape index (κ1) is 12.8. The fourth-order valence-electron chi connectivity index (χ4n) is 2.00. The first-order valence-electron chi connectivity index (χ1n) is 5.82. The average molecular weight is 308 g/mol. The monoisotopic (exact) mass is 308 g/mol. The van der Waals surface area contributed by atoms with Gasteiger partial charge >= 0.3 is 0 Å². The fraction of sp³-hybridized carbons (Fsp3) is 0.231. The number of aromatic amines is 1. The van der Waals surface area contributed by atoms with Crippen molar-refractivity contribution in [2.24, 2.45) is 0 Å². The molecular weight excluding hydrogens is 296 g/mol. The van der Waals surface area contributed by atoms with Crippen LogP contribution in [0.2, 0.25) is 0 Å². The molecule has 0 bridgehead atoms. The molecule has 0 aliphatic carbocycles. The van der Waals surface area contributed by atoms with Crippen molar-refractivity contribution in [3.8, 4) is 0 Å². The fourth-order valence-corrected chi connectivity index (χ4v) is 4.10. The number of aromatic nitrogens is 2. The molecule has 0 atom stereocenters. The molecule has 0 amide bonds. The molecule has 6 heteroatoms. The Hall–Kier alpha value is -1.24. The molecule has 1 N–H and O–H groups in total. The summed E-state index contributed by atoms with van der Waals surface area (Å²) in [6.45, 7) is 4.72. The summed E-state index contributed by atoms with van der Waals surface area (Å²) in [6, 6.07) is 4.01. The molecule has 0 unspecified atom stereocenters. The van der Waals surface area contributed by atoms with Crippen LogP contribution in [0.5, 0.6) is 0 Å². The second-order valence-electron chi connectivity index (χ2n) is 4.44. The van der Waals surface area contributed by atoms with Gasteiger partial charge in [-0.25, -0.2) is 0 Å². The van der Waals surface area contributed by atoms with Crippen LogP contribution in [0.3, 0.4) is 0 Å². The summed E-state index contributed by atoms with van der Waals surface area (Å²) in [5.41, 5.74) is 2.09. The van der Waals surface area contributed by atoms with E-state index in [1.807, 2.05) is 11.4 Å². The summed E-state index contributed by atoms with van der Waals surface area (Å²) in [6.07, 6.45) is 0. The Bertz CT molecular complexity index is 847. The SMILES string of the molecule is Cc1cc(Cn2c(=S)[nH]c3ccsc3c2=O)sc1C. The van der Waals surface area contributed by atoms with Crippen LogP contribution < -0.4 is 5.56 Å². The van der Waals surface area contributed by atoms with Gasteiger partial charge in [-0.3, -0.25) is 9.36 Å². The second-order valence-corrected chi connectivity index (χ2v) is 7.08. The Morgan fingerprint density at radius 2 is 2.21 bits per heavy atom. The summed E-state index contributed by atoms with van der Waals surface area (Å²) in [5.74, 6) is 0. The summed E-state index contributed by atoms with van der Waals surface area (Å²) in [7, 11) is 0. The van der Waals surface area contributed by atoms with Gasteiger partial charge in [0, 0.05) is 9.75 Å². The lowest BCUT2D eigenvalue weighted by molar-refractivity contribution is 0.745. The molecule has 0 saturated carbocycles. The number of aryl methyl sites for hydroxylation is 2. The maximum Gasteiger partial charge on any atom is 0.272 e. The molecule has 0 aliphatic rings. The summed E-state index contributed by atoms with van der Waals surface area (Å²) in [4.78, 5) is 18.0. The van der Waals surface area contributed by atoms with Crippen LogP contribution in [0.4, 0.5) is 0 Å². The first-order valence-corrected chi connectivity index (χ1v) is 7.93. The van der Waals surface area contributed by atoms with E-state index in [1.54, 1.807) is 15.9 Å². The van der Waals surface area contributed by atoms with Gasteiger partial charge in [-0.1, -0.05) is 0 Å². The van der Waals surface area contributed by atoms with E-state index in [0.29, 0.717) is 11.3 Å². The smallest absolute Gasteiger partial charge is 0.272 e. The number of nitrogens with zero attached hydrogens (tertiary/aromatic N) is 1. The van der Waals surface area contributed by atoms with Crippen molar-refractivity contribution < 1.29 is 0 Å². The number of fused-ring (bicyclic) bond motifs is 1. The lowest BCUT2D eigenvalue weighted by Gasteiger charge is -2.04. The van der Waals surface area contributed by atoms with Crippen molar-refractivity contribution in [1.82, 2.24) is 9.55 Å². The van der Waals surface area contributed by atoms with E-state index in [4.69, 9.17) is 12.2 Å². The number of hydrogen-bond donors (Lipinski definition) is 1. The molecule has 19 heavy (non-hydrogen) atoms. The Morgan fingerprint density at radius 3 is 2.89 bits per heavy atom. The van der Waals surface area contributed by atoms with Gasteiger partial charge in [0.05, 0.1) is 12.1 Å². The standard InChI is InChI=1S/C13H12N2OS3/c1-7-5-9(19-8(7)2)6-15-12(16)11-10(3-4-18-11)14-13(15)17/h3-5H,6H2,1-2H3,(H,14,17). The van der Waals surface area contributed by atoms with Crippen molar-refractivity contribution >= 4 is 45.1 Å². The zero-order chi connectivity index (χ0) is 13.6. The molecule has 3 heterocycles. The largest absolute Gasteiger partial charge is 0.331 e. The van der Waals surface area contributed by atoms with E-state index >= 15 is 0 Å². The third-order valence-electron chi connectivity index (χ3n) is 3.12. The summed E-state index contributed by atoms with van der Waals surface area (Å²) < 4.78 is 2.86. The molecule has 3 rings (SSSR count). The van der Waals surface area contributed by atoms with E-state index in [9.17, 15) is 4.79 Å². The molecular formula is C13H12N2OS3. The molecule has 0 spiro atoms. The van der Waals surface area contributed by atoms with Gasteiger partial charge in [0.1, 0.15) is 4.70 Å². The van der Waals surface area contributed by atoms with Gasteiger partial charge in [-0.05, 0) is 49.1 Å². The Labute approximate surface area is 123 Å². The van der Waals surface area contributed by atoms with E-state index in [2.05, 4.69) is 24.9 Å². The molecule has 3 aromatic rings. The van der Waals surface area contributed by atoms with Crippen LogP contribution in [0.15, 0.2) is 22.3 Å². The lowest BCUT2D eigenvalue weighted by atomic mass is 10.3. The van der Waals surface area contributed by atoms with Gasteiger partial charge in [-0.15, -0.1) is 22.7 Å². The second kappa shape index (κ2) is 4.70. The minimum absolute atomic E-state index is 0.00236. The predicted octanol–water partition coefficient (Wildman–Crippen LogP) is 3.85. The third kappa shape index (κ3) is 2.20. The van der Waals surface area contributed by atoms with Crippen molar-refractivity contribution in [1.29, 1.82) is 0 Å².